The van der Waals surface area contributed by atoms with E-state index in [2.05, 4.69) is 0 Å². The summed E-state index contributed by atoms with van der Waals surface area (Å²) in [5, 5.41) is 10.1. The standard InChI is InChI=1S/C15H24O3/c16-15-14(10-11-6-2-1-3-7-11)17-12-8-4-5-9-13(12)18-15/h11,14-16H,1-10H2/t14-,15?/m0/s1. The first-order chi connectivity index (χ1) is 8.83. The van der Waals surface area contributed by atoms with E-state index in [1.807, 2.05) is 0 Å². The molecule has 0 saturated heterocycles. The van der Waals surface area contributed by atoms with E-state index in [9.17, 15) is 5.11 Å². The molecule has 102 valence electrons. The van der Waals surface area contributed by atoms with E-state index < -0.39 is 6.29 Å². The van der Waals surface area contributed by atoms with Gasteiger partial charge < -0.3 is 14.6 Å². The predicted molar refractivity (Wildman–Crippen MR) is 68.7 cm³/mol. The molecule has 1 aliphatic heterocycles. The van der Waals surface area contributed by atoms with Crippen LogP contribution in [0.15, 0.2) is 11.5 Å². The summed E-state index contributed by atoms with van der Waals surface area (Å²) in [7, 11) is 0. The molecular formula is C15H24O3. The fraction of sp³-hybridized carbons (Fsp3) is 0.867. The number of aliphatic hydroxyl groups excluding tert-OH is 1. The van der Waals surface area contributed by atoms with Crippen molar-refractivity contribution in [1.29, 1.82) is 0 Å². The lowest BCUT2D eigenvalue weighted by molar-refractivity contribution is -0.182. The predicted octanol–water partition coefficient (Wildman–Crippen LogP) is 3.48. The van der Waals surface area contributed by atoms with Gasteiger partial charge in [0.2, 0.25) is 6.29 Å². The van der Waals surface area contributed by atoms with Gasteiger partial charge in [0, 0.05) is 12.8 Å². The highest BCUT2D eigenvalue weighted by molar-refractivity contribution is 5.08. The Morgan fingerprint density at radius 2 is 1.56 bits per heavy atom. The molecule has 3 rings (SSSR count). The summed E-state index contributed by atoms with van der Waals surface area (Å²) < 4.78 is 11.7. The third-order valence-corrected chi connectivity index (χ3v) is 4.53. The summed E-state index contributed by atoms with van der Waals surface area (Å²) in [6.07, 6.45) is 11.0. The molecule has 2 aliphatic carbocycles. The average Bonchev–Trinajstić information content (AvgIpc) is 2.41. The van der Waals surface area contributed by atoms with Crippen LogP contribution in [-0.2, 0) is 9.47 Å². The Labute approximate surface area is 109 Å². The Bertz CT molecular complexity index is 318. The molecule has 1 fully saturated rings. The van der Waals surface area contributed by atoms with Gasteiger partial charge in [0.15, 0.2) is 6.10 Å². The first-order valence-electron chi connectivity index (χ1n) is 7.56. The van der Waals surface area contributed by atoms with Crippen LogP contribution < -0.4 is 0 Å². The number of hydrogen-bond donors (Lipinski definition) is 1. The number of ether oxygens (including phenoxy) is 2. The van der Waals surface area contributed by atoms with Crippen LogP contribution in [0.4, 0.5) is 0 Å². The molecule has 1 unspecified atom stereocenters. The first-order valence-corrected chi connectivity index (χ1v) is 7.56. The molecule has 0 bridgehead atoms. The summed E-state index contributed by atoms with van der Waals surface area (Å²) in [6.45, 7) is 0. The van der Waals surface area contributed by atoms with E-state index in [0.717, 1.165) is 37.2 Å². The molecule has 0 spiro atoms. The van der Waals surface area contributed by atoms with Crippen molar-refractivity contribution in [2.45, 2.75) is 76.6 Å². The zero-order chi connectivity index (χ0) is 12.4. The van der Waals surface area contributed by atoms with E-state index in [-0.39, 0.29) is 6.10 Å². The number of hydrogen-bond acceptors (Lipinski definition) is 3. The average molecular weight is 252 g/mol. The van der Waals surface area contributed by atoms with Crippen LogP contribution in [0.2, 0.25) is 0 Å². The van der Waals surface area contributed by atoms with Crippen LogP contribution in [0.25, 0.3) is 0 Å². The second-order valence-electron chi connectivity index (χ2n) is 5.96. The van der Waals surface area contributed by atoms with Crippen LogP contribution in [-0.4, -0.2) is 17.5 Å². The van der Waals surface area contributed by atoms with Crippen molar-refractivity contribution < 1.29 is 14.6 Å². The molecule has 18 heavy (non-hydrogen) atoms. The third-order valence-electron chi connectivity index (χ3n) is 4.53. The SMILES string of the molecule is OC1OC2=C(CCCC2)O[C@H]1CC1CCCCC1. The lowest BCUT2D eigenvalue weighted by atomic mass is 9.85. The molecular weight excluding hydrogens is 228 g/mol. The molecule has 1 heterocycles. The topological polar surface area (TPSA) is 38.7 Å². The van der Waals surface area contributed by atoms with Gasteiger partial charge in [-0.15, -0.1) is 0 Å². The maximum absolute atomic E-state index is 10.1. The Morgan fingerprint density at radius 3 is 2.28 bits per heavy atom. The molecule has 3 aliphatic rings. The quantitative estimate of drug-likeness (QED) is 0.817. The Balaban J connectivity index is 1.61. The normalized spacial score (nSPS) is 33.6. The van der Waals surface area contributed by atoms with Gasteiger partial charge in [-0.05, 0) is 25.2 Å². The van der Waals surface area contributed by atoms with Crippen molar-refractivity contribution in [3.05, 3.63) is 11.5 Å². The molecule has 2 atom stereocenters. The van der Waals surface area contributed by atoms with Crippen LogP contribution in [0.3, 0.4) is 0 Å². The second-order valence-corrected chi connectivity index (χ2v) is 5.96. The van der Waals surface area contributed by atoms with E-state index in [4.69, 9.17) is 9.47 Å². The summed E-state index contributed by atoms with van der Waals surface area (Å²) in [6, 6.07) is 0. The fourth-order valence-corrected chi connectivity index (χ4v) is 3.48. The minimum absolute atomic E-state index is 0.134. The highest BCUT2D eigenvalue weighted by Crippen LogP contribution is 2.36. The van der Waals surface area contributed by atoms with Gasteiger partial charge >= 0.3 is 0 Å². The second kappa shape index (κ2) is 5.52. The minimum atomic E-state index is -0.747. The molecule has 0 radical (unpaired) electrons. The van der Waals surface area contributed by atoms with E-state index in [1.165, 1.54) is 38.5 Å². The molecule has 0 amide bonds. The van der Waals surface area contributed by atoms with Crippen molar-refractivity contribution in [2.75, 3.05) is 0 Å². The zero-order valence-corrected chi connectivity index (χ0v) is 11.1. The smallest absolute Gasteiger partial charge is 0.234 e. The zero-order valence-electron chi connectivity index (χ0n) is 11.1. The van der Waals surface area contributed by atoms with Crippen molar-refractivity contribution in [2.24, 2.45) is 5.92 Å². The summed E-state index contributed by atoms with van der Waals surface area (Å²) in [5.41, 5.74) is 0. The summed E-state index contributed by atoms with van der Waals surface area (Å²) in [4.78, 5) is 0. The highest BCUT2D eigenvalue weighted by Gasteiger charge is 2.34. The van der Waals surface area contributed by atoms with Crippen molar-refractivity contribution >= 4 is 0 Å². The maximum atomic E-state index is 10.1. The van der Waals surface area contributed by atoms with Gasteiger partial charge in [0.05, 0.1) is 0 Å². The highest BCUT2D eigenvalue weighted by atomic mass is 16.7. The summed E-state index contributed by atoms with van der Waals surface area (Å²) in [5.74, 6) is 2.65. The van der Waals surface area contributed by atoms with Crippen LogP contribution in [0, 0.1) is 5.92 Å². The first kappa shape index (κ1) is 12.3. The molecule has 1 saturated carbocycles. The van der Waals surface area contributed by atoms with Gasteiger partial charge in [0.25, 0.3) is 0 Å². The van der Waals surface area contributed by atoms with Crippen molar-refractivity contribution in [3.63, 3.8) is 0 Å². The van der Waals surface area contributed by atoms with Gasteiger partial charge in [0.1, 0.15) is 11.5 Å². The molecule has 3 nitrogen and oxygen atoms in total. The number of aliphatic hydroxyl groups is 1. The number of allylic oxidation sites excluding steroid dienone is 2. The molecule has 1 N–H and O–H groups in total. The Morgan fingerprint density at radius 1 is 0.889 bits per heavy atom. The van der Waals surface area contributed by atoms with Crippen molar-refractivity contribution in [1.82, 2.24) is 0 Å². The van der Waals surface area contributed by atoms with E-state index >= 15 is 0 Å². The van der Waals surface area contributed by atoms with Gasteiger partial charge in [-0.25, -0.2) is 0 Å². The maximum Gasteiger partial charge on any atom is 0.234 e. The van der Waals surface area contributed by atoms with Gasteiger partial charge in [-0.1, -0.05) is 32.1 Å². The van der Waals surface area contributed by atoms with Crippen LogP contribution >= 0.6 is 0 Å². The third kappa shape index (κ3) is 2.66. The lowest BCUT2D eigenvalue weighted by Gasteiger charge is -2.36. The Kier molecular flexibility index (Phi) is 3.78. The van der Waals surface area contributed by atoms with Gasteiger partial charge in [-0.3, -0.25) is 0 Å². The van der Waals surface area contributed by atoms with Crippen LogP contribution in [0.1, 0.15) is 64.2 Å². The lowest BCUT2D eigenvalue weighted by Crippen LogP contribution is -2.38. The molecule has 0 aromatic heterocycles. The molecule has 0 aromatic rings. The van der Waals surface area contributed by atoms with E-state index in [0.29, 0.717) is 5.92 Å². The molecule has 3 heteroatoms. The molecule has 0 aromatic carbocycles. The fourth-order valence-electron chi connectivity index (χ4n) is 3.48. The monoisotopic (exact) mass is 252 g/mol. The van der Waals surface area contributed by atoms with Crippen molar-refractivity contribution in [3.8, 4) is 0 Å². The number of rotatable bonds is 2. The van der Waals surface area contributed by atoms with E-state index in [1.54, 1.807) is 0 Å². The van der Waals surface area contributed by atoms with Crippen LogP contribution in [0.5, 0.6) is 0 Å². The Hall–Kier alpha value is -0.700. The minimum Gasteiger partial charge on any atom is -0.485 e. The van der Waals surface area contributed by atoms with Gasteiger partial charge in [-0.2, -0.15) is 0 Å². The largest absolute Gasteiger partial charge is 0.485 e. The summed E-state index contributed by atoms with van der Waals surface area (Å²) >= 11 is 0.